The Balaban J connectivity index is 2.55. The molecule has 1 N–H and O–H groups in total. The molecule has 0 saturated heterocycles. The summed E-state index contributed by atoms with van der Waals surface area (Å²) in [6, 6.07) is 4.40. The summed E-state index contributed by atoms with van der Waals surface area (Å²) in [5, 5.41) is 8.37. The van der Waals surface area contributed by atoms with Crippen molar-refractivity contribution in [2.45, 2.75) is 33.4 Å². The molecule has 0 bridgehead atoms. The SMILES string of the molecule is CCn1ncc(Cl)c1C(NC)c1cc(C)c(Br)c(C)c1. The van der Waals surface area contributed by atoms with Crippen molar-refractivity contribution >= 4 is 27.5 Å². The second-order valence-corrected chi connectivity index (χ2v) is 6.08. The Morgan fingerprint density at radius 1 is 1.35 bits per heavy atom. The van der Waals surface area contributed by atoms with Crippen LogP contribution in [-0.4, -0.2) is 16.8 Å². The van der Waals surface area contributed by atoms with E-state index >= 15 is 0 Å². The zero-order valence-corrected chi connectivity index (χ0v) is 14.5. The van der Waals surface area contributed by atoms with Gasteiger partial charge in [0, 0.05) is 11.0 Å². The number of rotatable bonds is 4. The van der Waals surface area contributed by atoms with Gasteiger partial charge in [0.2, 0.25) is 0 Å². The fourth-order valence-electron chi connectivity index (χ4n) is 2.52. The third-order valence-corrected chi connectivity index (χ3v) is 5.03. The number of hydrogen-bond donors (Lipinski definition) is 1. The van der Waals surface area contributed by atoms with E-state index in [1.807, 2.05) is 11.7 Å². The number of nitrogens with zero attached hydrogens (tertiary/aromatic N) is 2. The molecule has 108 valence electrons. The van der Waals surface area contributed by atoms with Crippen molar-refractivity contribution < 1.29 is 0 Å². The number of aryl methyl sites for hydroxylation is 3. The summed E-state index contributed by atoms with van der Waals surface area (Å²) in [5.74, 6) is 0. The highest BCUT2D eigenvalue weighted by Crippen LogP contribution is 2.31. The van der Waals surface area contributed by atoms with Crippen LogP contribution in [0.25, 0.3) is 0 Å². The lowest BCUT2D eigenvalue weighted by molar-refractivity contribution is 0.563. The Morgan fingerprint density at radius 2 is 1.95 bits per heavy atom. The van der Waals surface area contributed by atoms with Crippen molar-refractivity contribution in [2.24, 2.45) is 0 Å². The maximum atomic E-state index is 6.33. The van der Waals surface area contributed by atoms with Gasteiger partial charge in [-0.15, -0.1) is 0 Å². The zero-order chi connectivity index (χ0) is 14.9. The third-order valence-electron chi connectivity index (χ3n) is 3.49. The molecule has 0 aliphatic carbocycles. The Labute approximate surface area is 133 Å². The molecular formula is C15H19BrClN3. The molecule has 0 aliphatic heterocycles. The minimum Gasteiger partial charge on any atom is -0.308 e. The van der Waals surface area contributed by atoms with Crippen molar-refractivity contribution in [1.82, 2.24) is 15.1 Å². The minimum atomic E-state index is 0.0375. The van der Waals surface area contributed by atoms with Crippen molar-refractivity contribution in [2.75, 3.05) is 7.05 Å². The smallest absolute Gasteiger partial charge is 0.0837 e. The molecule has 1 unspecified atom stereocenters. The molecule has 0 aliphatic rings. The predicted molar refractivity (Wildman–Crippen MR) is 87.4 cm³/mol. The van der Waals surface area contributed by atoms with Gasteiger partial charge < -0.3 is 5.32 Å². The molecule has 2 rings (SSSR count). The fraction of sp³-hybridized carbons (Fsp3) is 0.400. The summed E-state index contributed by atoms with van der Waals surface area (Å²) in [5.41, 5.74) is 4.65. The molecule has 0 radical (unpaired) electrons. The molecule has 1 atom stereocenters. The first-order valence-corrected chi connectivity index (χ1v) is 7.81. The maximum Gasteiger partial charge on any atom is 0.0837 e. The molecule has 0 spiro atoms. The van der Waals surface area contributed by atoms with E-state index in [4.69, 9.17) is 11.6 Å². The van der Waals surface area contributed by atoms with E-state index in [-0.39, 0.29) is 6.04 Å². The van der Waals surface area contributed by atoms with Gasteiger partial charge in [-0.05, 0) is 44.5 Å². The van der Waals surface area contributed by atoms with Gasteiger partial charge in [-0.3, -0.25) is 4.68 Å². The molecule has 5 heteroatoms. The van der Waals surface area contributed by atoms with Crippen LogP contribution in [0.5, 0.6) is 0 Å². The van der Waals surface area contributed by atoms with Gasteiger partial charge in [0.05, 0.1) is 23.0 Å². The quantitative estimate of drug-likeness (QED) is 0.888. The van der Waals surface area contributed by atoms with E-state index in [2.05, 4.69) is 59.2 Å². The predicted octanol–water partition coefficient (Wildman–Crippen LogP) is 4.24. The summed E-state index contributed by atoms with van der Waals surface area (Å²) in [7, 11) is 1.95. The second kappa shape index (κ2) is 6.29. The molecule has 3 nitrogen and oxygen atoms in total. The van der Waals surface area contributed by atoms with Gasteiger partial charge in [0.1, 0.15) is 0 Å². The largest absolute Gasteiger partial charge is 0.308 e. The summed E-state index contributed by atoms with van der Waals surface area (Å²) in [6.07, 6.45) is 1.71. The van der Waals surface area contributed by atoms with E-state index in [1.54, 1.807) is 6.20 Å². The van der Waals surface area contributed by atoms with Crippen molar-refractivity contribution in [3.8, 4) is 0 Å². The van der Waals surface area contributed by atoms with Gasteiger partial charge >= 0.3 is 0 Å². The Morgan fingerprint density at radius 3 is 2.45 bits per heavy atom. The number of benzene rings is 1. The topological polar surface area (TPSA) is 29.9 Å². The molecule has 1 heterocycles. The van der Waals surface area contributed by atoms with E-state index in [1.165, 1.54) is 16.7 Å². The van der Waals surface area contributed by atoms with E-state index in [0.29, 0.717) is 5.02 Å². The molecule has 20 heavy (non-hydrogen) atoms. The maximum absolute atomic E-state index is 6.33. The molecular weight excluding hydrogens is 338 g/mol. The van der Waals surface area contributed by atoms with E-state index in [0.717, 1.165) is 16.7 Å². The first kappa shape index (κ1) is 15.5. The highest BCUT2D eigenvalue weighted by atomic mass is 79.9. The number of aromatic nitrogens is 2. The first-order chi connectivity index (χ1) is 9.49. The summed E-state index contributed by atoms with van der Waals surface area (Å²) in [4.78, 5) is 0. The first-order valence-electron chi connectivity index (χ1n) is 6.64. The van der Waals surface area contributed by atoms with E-state index < -0.39 is 0 Å². The van der Waals surface area contributed by atoms with Gasteiger partial charge in [-0.25, -0.2) is 0 Å². The van der Waals surface area contributed by atoms with Gasteiger partial charge in [0.25, 0.3) is 0 Å². The lowest BCUT2D eigenvalue weighted by Gasteiger charge is -2.20. The lowest BCUT2D eigenvalue weighted by Crippen LogP contribution is -2.22. The van der Waals surface area contributed by atoms with Crippen LogP contribution in [-0.2, 0) is 6.54 Å². The molecule has 1 aromatic heterocycles. The van der Waals surface area contributed by atoms with Crippen LogP contribution in [0.4, 0.5) is 0 Å². The average Bonchev–Trinajstić information content (AvgIpc) is 2.78. The van der Waals surface area contributed by atoms with Gasteiger partial charge in [-0.2, -0.15) is 5.10 Å². The molecule has 2 aromatic rings. The Hall–Kier alpha value is -0.840. The van der Waals surface area contributed by atoms with Gasteiger partial charge in [-0.1, -0.05) is 39.7 Å². The van der Waals surface area contributed by atoms with Crippen LogP contribution in [0.3, 0.4) is 0 Å². The number of hydrogen-bond acceptors (Lipinski definition) is 2. The lowest BCUT2D eigenvalue weighted by atomic mass is 9.99. The average molecular weight is 357 g/mol. The molecule has 0 fully saturated rings. The molecule has 0 amide bonds. The van der Waals surface area contributed by atoms with Crippen molar-refractivity contribution in [1.29, 1.82) is 0 Å². The monoisotopic (exact) mass is 355 g/mol. The molecule has 1 aromatic carbocycles. The Bertz CT molecular complexity index is 599. The highest BCUT2D eigenvalue weighted by molar-refractivity contribution is 9.10. The molecule has 0 saturated carbocycles. The van der Waals surface area contributed by atoms with Gasteiger partial charge in [0.15, 0.2) is 0 Å². The van der Waals surface area contributed by atoms with Crippen molar-refractivity contribution in [3.05, 3.63) is 50.2 Å². The highest BCUT2D eigenvalue weighted by Gasteiger charge is 2.21. The van der Waals surface area contributed by atoms with Crippen LogP contribution >= 0.6 is 27.5 Å². The van der Waals surface area contributed by atoms with Crippen LogP contribution in [0, 0.1) is 13.8 Å². The normalized spacial score (nSPS) is 12.7. The minimum absolute atomic E-state index is 0.0375. The fourth-order valence-corrected chi connectivity index (χ4v) is 3.00. The van der Waals surface area contributed by atoms with Crippen LogP contribution in [0.15, 0.2) is 22.8 Å². The summed E-state index contributed by atoms with van der Waals surface area (Å²) in [6.45, 7) is 7.07. The van der Waals surface area contributed by atoms with E-state index in [9.17, 15) is 0 Å². The van der Waals surface area contributed by atoms with Crippen LogP contribution in [0.2, 0.25) is 5.02 Å². The zero-order valence-electron chi connectivity index (χ0n) is 12.2. The number of halogens is 2. The number of nitrogens with one attached hydrogen (secondary N) is 1. The second-order valence-electron chi connectivity index (χ2n) is 4.88. The standard InChI is InChI=1S/C15H19BrClN3/c1-5-20-15(12(17)8-19-20)14(18-4)11-6-9(2)13(16)10(3)7-11/h6-8,14,18H,5H2,1-4H3. The summed E-state index contributed by atoms with van der Waals surface area (Å²) < 4.78 is 3.10. The van der Waals surface area contributed by atoms with Crippen LogP contribution in [0.1, 0.15) is 35.3 Å². The Kier molecular flexibility index (Phi) is 4.89. The third kappa shape index (κ3) is 2.78. The van der Waals surface area contributed by atoms with Crippen LogP contribution < -0.4 is 5.32 Å². The van der Waals surface area contributed by atoms with Crippen molar-refractivity contribution in [3.63, 3.8) is 0 Å². The summed E-state index contributed by atoms with van der Waals surface area (Å²) >= 11 is 9.94.